The Hall–Kier alpha value is -0.160. The Morgan fingerprint density at radius 2 is 2.13 bits per heavy atom. The van der Waals surface area contributed by atoms with Gasteiger partial charge in [0.1, 0.15) is 0 Å². The van der Waals surface area contributed by atoms with Crippen molar-refractivity contribution in [2.24, 2.45) is 0 Å². The van der Waals surface area contributed by atoms with Crippen LogP contribution in [0.2, 0.25) is 0 Å². The highest BCUT2D eigenvalue weighted by Gasteiger charge is 2.31. The minimum atomic E-state index is 0.165. The van der Waals surface area contributed by atoms with Crippen LogP contribution in [0.1, 0.15) is 13.8 Å². The van der Waals surface area contributed by atoms with Crippen molar-refractivity contribution < 1.29 is 5.11 Å². The zero-order chi connectivity index (χ0) is 11.5. The Labute approximate surface area is 93.2 Å². The van der Waals surface area contributed by atoms with E-state index in [0.29, 0.717) is 0 Å². The van der Waals surface area contributed by atoms with Crippen LogP contribution in [0.15, 0.2) is 0 Å². The van der Waals surface area contributed by atoms with Crippen molar-refractivity contribution in [3.63, 3.8) is 0 Å². The number of hydrogen-bond acceptors (Lipinski definition) is 4. The molecule has 0 aromatic carbocycles. The lowest BCUT2D eigenvalue weighted by atomic mass is 9.99. The van der Waals surface area contributed by atoms with Crippen molar-refractivity contribution in [2.75, 3.05) is 46.9 Å². The van der Waals surface area contributed by atoms with Gasteiger partial charge in [-0.1, -0.05) is 0 Å². The summed E-state index contributed by atoms with van der Waals surface area (Å²) in [6, 6.07) is 0.276. The van der Waals surface area contributed by atoms with Crippen LogP contribution in [-0.4, -0.2) is 73.4 Å². The molecule has 4 nitrogen and oxygen atoms in total. The van der Waals surface area contributed by atoms with Gasteiger partial charge in [-0.05, 0) is 27.9 Å². The van der Waals surface area contributed by atoms with Crippen molar-refractivity contribution >= 4 is 0 Å². The van der Waals surface area contributed by atoms with Crippen LogP contribution >= 0.6 is 0 Å². The molecule has 1 heterocycles. The van der Waals surface area contributed by atoms with Gasteiger partial charge in [0, 0.05) is 37.8 Å². The van der Waals surface area contributed by atoms with Crippen molar-refractivity contribution in [3.05, 3.63) is 0 Å². The molecular weight excluding hydrogens is 190 g/mol. The highest BCUT2D eigenvalue weighted by Crippen LogP contribution is 2.14. The summed E-state index contributed by atoms with van der Waals surface area (Å²) in [5.41, 5.74) is 0.165. The van der Waals surface area contributed by atoms with Crippen LogP contribution in [0.5, 0.6) is 0 Å². The fourth-order valence-electron chi connectivity index (χ4n) is 1.99. The Bertz CT molecular complexity index is 194. The minimum Gasteiger partial charge on any atom is -0.395 e. The Kier molecular flexibility index (Phi) is 4.52. The highest BCUT2D eigenvalue weighted by molar-refractivity contribution is 4.92. The fraction of sp³-hybridized carbons (Fsp3) is 1.00. The number of likely N-dealkylation sites (N-methyl/N-ethyl adjacent to an activating group) is 1. The Balaban J connectivity index is 2.48. The van der Waals surface area contributed by atoms with E-state index in [2.05, 4.69) is 43.1 Å². The van der Waals surface area contributed by atoms with Gasteiger partial charge >= 0.3 is 0 Å². The molecule has 4 heteroatoms. The van der Waals surface area contributed by atoms with E-state index in [1.807, 2.05) is 0 Å². The fourth-order valence-corrected chi connectivity index (χ4v) is 1.99. The average Bonchev–Trinajstić information content (AvgIpc) is 2.13. The molecular formula is C11H25N3O. The first-order valence-electron chi connectivity index (χ1n) is 5.69. The molecule has 0 aromatic rings. The zero-order valence-electron chi connectivity index (χ0n) is 10.5. The van der Waals surface area contributed by atoms with Crippen LogP contribution in [0.4, 0.5) is 0 Å². The second kappa shape index (κ2) is 5.25. The van der Waals surface area contributed by atoms with Gasteiger partial charge < -0.3 is 15.3 Å². The third-order valence-electron chi connectivity index (χ3n) is 2.98. The summed E-state index contributed by atoms with van der Waals surface area (Å²) in [6.45, 7) is 8.64. The molecule has 1 aliphatic heterocycles. The third-order valence-corrected chi connectivity index (χ3v) is 2.98. The van der Waals surface area contributed by atoms with Gasteiger partial charge in [0.05, 0.1) is 6.61 Å². The van der Waals surface area contributed by atoms with E-state index in [-0.39, 0.29) is 18.2 Å². The molecule has 1 atom stereocenters. The third kappa shape index (κ3) is 4.07. The number of aliphatic hydroxyl groups excluding tert-OH is 1. The summed E-state index contributed by atoms with van der Waals surface area (Å²) in [6.07, 6.45) is 0. The van der Waals surface area contributed by atoms with E-state index < -0.39 is 0 Å². The lowest BCUT2D eigenvalue weighted by Gasteiger charge is -2.44. The molecule has 2 N–H and O–H groups in total. The van der Waals surface area contributed by atoms with Crippen molar-refractivity contribution in [1.82, 2.24) is 15.1 Å². The minimum absolute atomic E-state index is 0.165. The summed E-state index contributed by atoms with van der Waals surface area (Å²) >= 11 is 0. The number of piperazine rings is 1. The maximum absolute atomic E-state index is 9.30. The maximum Gasteiger partial charge on any atom is 0.0599 e. The molecule has 0 bridgehead atoms. The average molecular weight is 215 g/mol. The van der Waals surface area contributed by atoms with Gasteiger partial charge in [0.25, 0.3) is 0 Å². The van der Waals surface area contributed by atoms with E-state index in [1.54, 1.807) is 0 Å². The van der Waals surface area contributed by atoms with Crippen LogP contribution in [0.3, 0.4) is 0 Å². The molecule has 1 saturated heterocycles. The molecule has 1 unspecified atom stereocenters. The molecule has 1 aliphatic rings. The first-order valence-corrected chi connectivity index (χ1v) is 5.69. The predicted molar refractivity (Wildman–Crippen MR) is 63.1 cm³/mol. The van der Waals surface area contributed by atoms with Gasteiger partial charge in [0.2, 0.25) is 0 Å². The molecule has 0 spiro atoms. The number of nitrogens with one attached hydrogen (secondary N) is 1. The normalized spacial score (nSPS) is 27.2. The van der Waals surface area contributed by atoms with Gasteiger partial charge in [0.15, 0.2) is 0 Å². The number of nitrogens with zero attached hydrogens (tertiary/aromatic N) is 2. The van der Waals surface area contributed by atoms with E-state index in [4.69, 9.17) is 0 Å². The first kappa shape index (κ1) is 12.9. The summed E-state index contributed by atoms with van der Waals surface area (Å²) < 4.78 is 0. The second-order valence-corrected chi connectivity index (χ2v) is 5.37. The smallest absolute Gasteiger partial charge is 0.0599 e. The summed E-state index contributed by atoms with van der Waals surface area (Å²) in [5, 5.41) is 12.8. The summed E-state index contributed by atoms with van der Waals surface area (Å²) in [5.74, 6) is 0. The largest absolute Gasteiger partial charge is 0.395 e. The predicted octanol–water partition coefficient (Wildman–Crippen LogP) is -0.407. The molecule has 0 aromatic heterocycles. The Morgan fingerprint density at radius 3 is 2.67 bits per heavy atom. The number of aliphatic hydroxyl groups is 1. The van der Waals surface area contributed by atoms with Crippen LogP contribution in [-0.2, 0) is 0 Å². The molecule has 1 rings (SSSR count). The molecule has 0 saturated carbocycles. The van der Waals surface area contributed by atoms with Gasteiger partial charge in [-0.2, -0.15) is 0 Å². The van der Waals surface area contributed by atoms with Crippen molar-refractivity contribution in [3.8, 4) is 0 Å². The summed E-state index contributed by atoms with van der Waals surface area (Å²) in [7, 11) is 4.17. The van der Waals surface area contributed by atoms with Crippen LogP contribution in [0, 0.1) is 0 Å². The van der Waals surface area contributed by atoms with Gasteiger partial charge in [-0.25, -0.2) is 0 Å². The lowest BCUT2D eigenvalue weighted by Crippen LogP contribution is -2.63. The van der Waals surface area contributed by atoms with Crippen LogP contribution in [0.25, 0.3) is 0 Å². The zero-order valence-corrected chi connectivity index (χ0v) is 10.5. The topological polar surface area (TPSA) is 38.7 Å². The molecule has 1 fully saturated rings. The molecule has 90 valence electrons. The SMILES string of the molecule is CN(C)CCN1CC(C)(C)NCC1CO. The monoisotopic (exact) mass is 215 g/mol. The number of hydrogen-bond donors (Lipinski definition) is 2. The van der Waals surface area contributed by atoms with E-state index >= 15 is 0 Å². The number of rotatable bonds is 4. The molecule has 0 radical (unpaired) electrons. The van der Waals surface area contributed by atoms with Crippen LogP contribution < -0.4 is 5.32 Å². The summed E-state index contributed by atoms with van der Waals surface area (Å²) in [4.78, 5) is 4.57. The quantitative estimate of drug-likeness (QED) is 0.669. The molecule has 0 aliphatic carbocycles. The molecule has 15 heavy (non-hydrogen) atoms. The Morgan fingerprint density at radius 1 is 1.47 bits per heavy atom. The van der Waals surface area contributed by atoms with E-state index in [9.17, 15) is 5.11 Å². The highest BCUT2D eigenvalue weighted by atomic mass is 16.3. The van der Waals surface area contributed by atoms with Gasteiger partial charge in [-0.15, -0.1) is 0 Å². The second-order valence-electron chi connectivity index (χ2n) is 5.37. The van der Waals surface area contributed by atoms with E-state index in [1.165, 1.54) is 0 Å². The van der Waals surface area contributed by atoms with Crippen molar-refractivity contribution in [1.29, 1.82) is 0 Å². The van der Waals surface area contributed by atoms with Gasteiger partial charge in [-0.3, -0.25) is 4.90 Å². The molecule has 0 amide bonds. The van der Waals surface area contributed by atoms with E-state index in [0.717, 1.165) is 26.2 Å². The first-order chi connectivity index (χ1) is 6.94. The lowest BCUT2D eigenvalue weighted by molar-refractivity contribution is 0.0527. The maximum atomic E-state index is 9.30. The van der Waals surface area contributed by atoms with Crippen molar-refractivity contribution in [2.45, 2.75) is 25.4 Å². The standard InChI is InChI=1S/C11H25N3O/c1-11(2)9-14(6-5-13(3)4)10(8-15)7-12-11/h10,12,15H,5-9H2,1-4H3.